The minimum Gasteiger partial charge on any atom is -0.480 e. The minimum absolute atomic E-state index is 0.0365. The summed E-state index contributed by atoms with van der Waals surface area (Å²) in [6, 6.07) is -1.16. The summed E-state index contributed by atoms with van der Waals surface area (Å²) >= 11 is 0. The second kappa shape index (κ2) is 5.32. The van der Waals surface area contributed by atoms with Crippen LogP contribution in [-0.4, -0.2) is 49.6 Å². The van der Waals surface area contributed by atoms with Crippen molar-refractivity contribution in [1.82, 2.24) is 9.78 Å². The molecule has 0 aromatic carbocycles. The van der Waals surface area contributed by atoms with Gasteiger partial charge in [0, 0.05) is 19.0 Å². The second-order valence-electron chi connectivity index (χ2n) is 5.45. The van der Waals surface area contributed by atoms with Crippen molar-refractivity contribution in [1.29, 1.82) is 0 Å². The smallest absolute Gasteiger partial charge is 0.333 e. The van der Waals surface area contributed by atoms with E-state index in [9.17, 15) is 25.1 Å². The van der Waals surface area contributed by atoms with Crippen LogP contribution in [0.5, 0.6) is 0 Å². The summed E-state index contributed by atoms with van der Waals surface area (Å²) in [4.78, 5) is 23.5. The van der Waals surface area contributed by atoms with Gasteiger partial charge in [0.1, 0.15) is 11.7 Å². The van der Waals surface area contributed by atoms with Gasteiger partial charge in [0.15, 0.2) is 0 Å². The predicted molar refractivity (Wildman–Crippen MR) is 73.4 cm³/mol. The lowest BCUT2D eigenvalue weighted by atomic mass is 10.2. The van der Waals surface area contributed by atoms with E-state index in [1.54, 1.807) is 0 Å². The number of nitro groups is 1. The molecule has 9 nitrogen and oxygen atoms in total. The molecule has 9 heteroatoms. The topological polar surface area (TPSA) is 122 Å². The van der Waals surface area contributed by atoms with Crippen LogP contribution in [0.15, 0.2) is 0 Å². The molecule has 2 rings (SSSR count). The number of anilines is 1. The highest BCUT2D eigenvalue weighted by Crippen LogP contribution is 2.37. The molecule has 1 fully saturated rings. The highest BCUT2D eigenvalue weighted by molar-refractivity contribution is 5.80. The first-order valence-corrected chi connectivity index (χ1v) is 6.65. The molecular formula is C12H18N4O5. The molecular weight excluding hydrogens is 280 g/mol. The van der Waals surface area contributed by atoms with E-state index in [1.807, 2.05) is 13.8 Å². The third-order valence-corrected chi connectivity index (χ3v) is 3.54. The van der Waals surface area contributed by atoms with Gasteiger partial charge in [-0.25, -0.2) is 9.48 Å². The third kappa shape index (κ3) is 2.56. The Bertz CT molecular complexity index is 582. The minimum atomic E-state index is -1.12. The van der Waals surface area contributed by atoms with Crippen molar-refractivity contribution in [3.05, 3.63) is 15.8 Å². The molecule has 2 heterocycles. The largest absolute Gasteiger partial charge is 0.480 e. The molecule has 21 heavy (non-hydrogen) atoms. The summed E-state index contributed by atoms with van der Waals surface area (Å²) in [5, 5.41) is 34.5. The lowest BCUT2D eigenvalue weighted by Crippen LogP contribution is -2.38. The lowest BCUT2D eigenvalue weighted by Gasteiger charge is -2.24. The number of β-amino-alcohol motifs (C(OH)–C–C–N with tert-alkyl or cyclic N) is 1. The zero-order valence-corrected chi connectivity index (χ0v) is 12.1. The fourth-order valence-electron chi connectivity index (χ4n) is 2.65. The maximum atomic E-state index is 11.3. The Hall–Kier alpha value is -2.16. The summed E-state index contributed by atoms with van der Waals surface area (Å²) in [5.74, 6) is -0.966. The van der Waals surface area contributed by atoms with E-state index in [4.69, 9.17) is 0 Å². The molecule has 1 aromatic heterocycles. The van der Waals surface area contributed by atoms with Crippen LogP contribution in [0.1, 0.15) is 32.0 Å². The van der Waals surface area contributed by atoms with Crippen LogP contribution >= 0.6 is 0 Å². The third-order valence-electron chi connectivity index (χ3n) is 3.54. The van der Waals surface area contributed by atoms with Crippen molar-refractivity contribution in [2.45, 2.75) is 45.4 Å². The first-order chi connectivity index (χ1) is 9.73. The average molecular weight is 298 g/mol. The molecule has 2 unspecified atom stereocenters. The molecule has 0 bridgehead atoms. The number of aromatic nitrogens is 2. The number of carbonyl (C=O) groups is 1. The Morgan fingerprint density at radius 1 is 1.52 bits per heavy atom. The summed E-state index contributed by atoms with van der Waals surface area (Å²) < 4.78 is 1.45. The Kier molecular flexibility index (Phi) is 3.86. The summed E-state index contributed by atoms with van der Waals surface area (Å²) in [6.45, 7) is 5.17. The van der Waals surface area contributed by atoms with Crippen molar-refractivity contribution in [3.8, 4) is 0 Å². The van der Waals surface area contributed by atoms with E-state index in [-0.39, 0.29) is 36.2 Å². The molecule has 0 radical (unpaired) electrons. The summed E-state index contributed by atoms with van der Waals surface area (Å²) in [7, 11) is 0. The number of hydrogen-bond acceptors (Lipinski definition) is 6. The molecule has 1 aliphatic heterocycles. The van der Waals surface area contributed by atoms with Crippen LogP contribution in [0.25, 0.3) is 0 Å². The zero-order chi connectivity index (χ0) is 15.9. The van der Waals surface area contributed by atoms with Crippen molar-refractivity contribution in [3.63, 3.8) is 0 Å². The molecule has 0 aliphatic carbocycles. The first-order valence-electron chi connectivity index (χ1n) is 6.65. The molecule has 1 aliphatic rings. The highest BCUT2D eigenvalue weighted by Gasteiger charge is 2.42. The first kappa shape index (κ1) is 15.2. The highest BCUT2D eigenvalue weighted by atomic mass is 16.6. The molecule has 0 saturated carbocycles. The van der Waals surface area contributed by atoms with Gasteiger partial charge in [0.2, 0.25) is 5.82 Å². The summed E-state index contributed by atoms with van der Waals surface area (Å²) in [5.41, 5.74) is 0.0262. The number of carboxylic acid groups (broad SMARTS) is 1. The number of aryl methyl sites for hydroxylation is 1. The van der Waals surface area contributed by atoms with Gasteiger partial charge in [-0.3, -0.25) is 10.1 Å². The van der Waals surface area contributed by atoms with E-state index in [0.717, 1.165) is 0 Å². The van der Waals surface area contributed by atoms with Crippen molar-refractivity contribution >= 4 is 17.5 Å². The number of aliphatic hydroxyl groups excluding tert-OH is 1. The van der Waals surface area contributed by atoms with Gasteiger partial charge in [-0.1, -0.05) is 0 Å². The lowest BCUT2D eigenvalue weighted by molar-refractivity contribution is -0.384. The number of carboxylic acids is 1. The molecule has 0 spiro atoms. The molecule has 0 amide bonds. The molecule has 1 saturated heterocycles. The van der Waals surface area contributed by atoms with E-state index < -0.39 is 23.0 Å². The quantitative estimate of drug-likeness (QED) is 0.619. The Morgan fingerprint density at radius 2 is 2.14 bits per heavy atom. The van der Waals surface area contributed by atoms with Gasteiger partial charge in [0.25, 0.3) is 0 Å². The second-order valence-corrected chi connectivity index (χ2v) is 5.45. The monoisotopic (exact) mass is 298 g/mol. The standard InChI is InChI=1S/C12H18N4O5/c1-6(2)15-11(10(16(20)21)7(3)13-15)14-5-8(17)4-9(14)12(18)19/h6,8-9,17H,4-5H2,1-3H3,(H,18,19). The fourth-order valence-corrected chi connectivity index (χ4v) is 2.65. The van der Waals surface area contributed by atoms with Gasteiger partial charge in [-0.15, -0.1) is 0 Å². The van der Waals surface area contributed by atoms with E-state index in [1.165, 1.54) is 16.5 Å². The number of aliphatic carboxylic acids is 1. The number of rotatable bonds is 4. The zero-order valence-electron chi connectivity index (χ0n) is 12.1. The van der Waals surface area contributed by atoms with Crippen LogP contribution in [0.4, 0.5) is 11.5 Å². The van der Waals surface area contributed by atoms with Crippen molar-refractivity contribution < 1.29 is 19.9 Å². The number of hydrogen-bond donors (Lipinski definition) is 2. The van der Waals surface area contributed by atoms with Crippen molar-refractivity contribution in [2.75, 3.05) is 11.4 Å². The van der Waals surface area contributed by atoms with Crippen LogP contribution < -0.4 is 4.90 Å². The van der Waals surface area contributed by atoms with Crippen LogP contribution in [0.3, 0.4) is 0 Å². The SMILES string of the molecule is Cc1nn(C(C)C)c(N2CC(O)CC2C(=O)O)c1[N+](=O)[O-]. The Balaban J connectivity index is 2.60. The van der Waals surface area contributed by atoms with Crippen molar-refractivity contribution in [2.24, 2.45) is 0 Å². The van der Waals surface area contributed by atoms with Gasteiger partial charge >= 0.3 is 11.7 Å². The van der Waals surface area contributed by atoms with Crippen LogP contribution in [0, 0.1) is 17.0 Å². The predicted octanol–water partition coefficient (Wildman–Crippen LogP) is 0.705. The molecule has 2 atom stereocenters. The van der Waals surface area contributed by atoms with E-state index >= 15 is 0 Å². The van der Waals surface area contributed by atoms with E-state index in [0.29, 0.717) is 0 Å². The number of aliphatic hydroxyl groups is 1. The maximum Gasteiger partial charge on any atom is 0.333 e. The molecule has 1 aromatic rings. The summed E-state index contributed by atoms with van der Waals surface area (Å²) in [6.07, 6.45) is -0.795. The maximum absolute atomic E-state index is 11.3. The normalized spacial score (nSPS) is 22.0. The van der Waals surface area contributed by atoms with Gasteiger partial charge in [0.05, 0.1) is 11.0 Å². The van der Waals surface area contributed by atoms with Crippen LogP contribution in [0.2, 0.25) is 0 Å². The Labute approximate surface area is 120 Å². The van der Waals surface area contributed by atoms with Gasteiger partial charge < -0.3 is 15.1 Å². The van der Waals surface area contributed by atoms with E-state index in [2.05, 4.69) is 5.10 Å². The molecule has 116 valence electrons. The van der Waals surface area contributed by atoms with Gasteiger partial charge in [-0.2, -0.15) is 5.10 Å². The van der Waals surface area contributed by atoms with Crippen LogP contribution in [-0.2, 0) is 4.79 Å². The number of nitrogens with zero attached hydrogens (tertiary/aromatic N) is 4. The molecule has 2 N–H and O–H groups in total. The average Bonchev–Trinajstić information content (AvgIpc) is 2.89. The fraction of sp³-hybridized carbons (Fsp3) is 0.667. The van der Waals surface area contributed by atoms with Gasteiger partial charge in [-0.05, 0) is 20.8 Å². The Morgan fingerprint density at radius 3 is 2.62 bits per heavy atom.